The molecule has 0 amide bonds. The highest BCUT2D eigenvalue weighted by Crippen LogP contribution is 2.41. The van der Waals surface area contributed by atoms with Gasteiger partial charge < -0.3 is 9.47 Å². The van der Waals surface area contributed by atoms with Gasteiger partial charge in [-0.3, -0.25) is 9.36 Å². The molecule has 3 aromatic carbocycles. The van der Waals surface area contributed by atoms with Gasteiger partial charge >= 0.3 is 0 Å². The number of halogens is 1. The number of aromatic nitrogens is 1. The van der Waals surface area contributed by atoms with Crippen LogP contribution in [0.15, 0.2) is 86.6 Å². The number of rotatable bonds is 4. The van der Waals surface area contributed by atoms with Crippen molar-refractivity contribution in [3.05, 3.63) is 119 Å². The van der Waals surface area contributed by atoms with E-state index in [2.05, 4.69) is 52.3 Å². The second-order valence-corrected chi connectivity index (χ2v) is 10.7. The van der Waals surface area contributed by atoms with Crippen LogP contribution >= 0.6 is 27.3 Å². The molecule has 1 aliphatic carbocycles. The molecule has 4 aromatic rings. The number of hydrogen-bond donors (Lipinski definition) is 0. The summed E-state index contributed by atoms with van der Waals surface area (Å²) in [7, 11) is 3.22. The van der Waals surface area contributed by atoms with Gasteiger partial charge in [-0.1, -0.05) is 69.7 Å². The number of aryl methyl sites for hydroxylation is 1. The van der Waals surface area contributed by atoms with Crippen LogP contribution in [0.1, 0.15) is 34.7 Å². The van der Waals surface area contributed by atoms with E-state index in [1.807, 2.05) is 41.0 Å². The average Bonchev–Trinajstić information content (AvgIpc) is 3.22. The lowest BCUT2D eigenvalue weighted by atomic mass is 9.83. The maximum Gasteiger partial charge on any atom is 0.271 e. The number of fused-ring (bicyclic) bond motifs is 3. The van der Waals surface area contributed by atoms with E-state index in [0.29, 0.717) is 16.0 Å². The van der Waals surface area contributed by atoms with Crippen LogP contribution in [-0.2, 0) is 6.42 Å². The maximum atomic E-state index is 13.9. The molecule has 0 bridgehead atoms. The Morgan fingerprint density at radius 3 is 2.56 bits per heavy atom. The SMILES string of the molecule is COc1ccc(/C=c2\sc3n(c2=O)[C@H](c2ccc(Br)cc2)C2=C(N=3)c3ccccc3CC2)cc1OC. The molecule has 180 valence electrons. The summed E-state index contributed by atoms with van der Waals surface area (Å²) in [5.41, 5.74) is 6.58. The Morgan fingerprint density at radius 1 is 1.00 bits per heavy atom. The van der Waals surface area contributed by atoms with Gasteiger partial charge in [0.2, 0.25) is 0 Å². The van der Waals surface area contributed by atoms with Crippen LogP contribution < -0.4 is 24.4 Å². The first-order valence-electron chi connectivity index (χ1n) is 11.7. The van der Waals surface area contributed by atoms with E-state index < -0.39 is 0 Å². The second-order valence-electron chi connectivity index (χ2n) is 8.78. The van der Waals surface area contributed by atoms with Crippen LogP contribution in [0.4, 0.5) is 0 Å². The number of ether oxygens (including phenoxy) is 2. The normalized spacial score (nSPS) is 16.6. The minimum atomic E-state index is -0.190. The van der Waals surface area contributed by atoms with E-state index >= 15 is 0 Å². The van der Waals surface area contributed by atoms with Crippen LogP contribution in [0.5, 0.6) is 11.5 Å². The molecule has 2 aliphatic rings. The zero-order chi connectivity index (χ0) is 24.8. The molecule has 0 fully saturated rings. The summed E-state index contributed by atoms with van der Waals surface area (Å²) in [4.78, 5) is 19.7. The van der Waals surface area contributed by atoms with Crippen LogP contribution in [0.25, 0.3) is 11.8 Å². The van der Waals surface area contributed by atoms with Crippen LogP contribution in [0.3, 0.4) is 0 Å². The molecule has 36 heavy (non-hydrogen) atoms. The lowest BCUT2D eigenvalue weighted by molar-refractivity contribution is 0.355. The van der Waals surface area contributed by atoms with E-state index in [1.165, 1.54) is 28.0 Å². The van der Waals surface area contributed by atoms with Crippen molar-refractivity contribution < 1.29 is 9.47 Å². The van der Waals surface area contributed by atoms with Gasteiger partial charge in [0, 0.05) is 10.0 Å². The maximum absolute atomic E-state index is 13.9. The molecule has 5 nitrogen and oxygen atoms in total. The molecule has 0 radical (unpaired) electrons. The van der Waals surface area contributed by atoms with Crippen molar-refractivity contribution in [3.8, 4) is 11.5 Å². The minimum Gasteiger partial charge on any atom is -0.493 e. The fraction of sp³-hybridized carbons (Fsp3) is 0.172. The molecule has 2 heterocycles. The van der Waals surface area contributed by atoms with Gasteiger partial charge in [-0.05, 0) is 65.4 Å². The summed E-state index contributed by atoms with van der Waals surface area (Å²) in [5.74, 6) is 1.27. The number of hydrogen-bond acceptors (Lipinski definition) is 5. The Kier molecular flexibility index (Phi) is 5.90. The van der Waals surface area contributed by atoms with Gasteiger partial charge in [0.15, 0.2) is 16.3 Å². The lowest BCUT2D eigenvalue weighted by Gasteiger charge is -2.30. The van der Waals surface area contributed by atoms with Crippen molar-refractivity contribution in [2.24, 2.45) is 4.99 Å². The highest BCUT2D eigenvalue weighted by atomic mass is 79.9. The number of benzene rings is 3. The van der Waals surface area contributed by atoms with Gasteiger partial charge in [0.25, 0.3) is 5.56 Å². The van der Waals surface area contributed by atoms with E-state index in [9.17, 15) is 4.79 Å². The standard InChI is InChI=1S/C29H23BrN2O3S/c1-34-23-14-7-17(15-24(23)35-2)16-25-28(33)32-27(19-8-11-20(30)12-9-19)22-13-10-18-5-3-4-6-21(18)26(22)31-29(32)36-25/h3-9,11-12,14-16,27H,10,13H2,1-2H3/b25-16-/t27-/m1/s1. The molecule has 7 heteroatoms. The molecule has 1 atom stereocenters. The third-order valence-electron chi connectivity index (χ3n) is 6.76. The summed E-state index contributed by atoms with van der Waals surface area (Å²) >= 11 is 4.97. The predicted molar refractivity (Wildman–Crippen MR) is 146 cm³/mol. The Balaban J connectivity index is 1.58. The highest BCUT2D eigenvalue weighted by molar-refractivity contribution is 9.10. The molecule has 0 saturated carbocycles. The Bertz CT molecular complexity index is 1700. The number of thiazole rings is 1. The van der Waals surface area contributed by atoms with Crippen molar-refractivity contribution in [2.45, 2.75) is 18.9 Å². The Labute approximate surface area is 220 Å². The second kappa shape index (κ2) is 9.22. The number of allylic oxidation sites excluding steroid dienone is 1. The molecule has 6 rings (SSSR count). The zero-order valence-corrected chi connectivity index (χ0v) is 22.2. The molecule has 1 aromatic heterocycles. The molecule has 0 spiro atoms. The van der Waals surface area contributed by atoms with E-state index in [4.69, 9.17) is 14.5 Å². The van der Waals surface area contributed by atoms with Crippen molar-refractivity contribution in [1.29, 1.82) is 0 Å². The fourth-order valence-corrected chi connectivity index (χ4v) is 6.33. The first kappa shape index (κ1) is 23.0. The average molecular weight is 559 g/mol. The van der Waals surface area contributed by atoms with Crippen molar-refractivity contribution in [2.75, 3.05) is 14.2 Å². The van der Waals surface area contributed by atoms with Crippen LogP contribution in [0.2, 0.25) is 0 Å². The van der Waals surface area contributed by atoms with Gasteiger partial charge in [0.05, 0.1) is 30.5 Å². The minimum absolute atomic E-state index is 0.0353. The summed E-state index contributed by atoms with van der Waals surface area (Å²) in [6, 6.07) is 22.2. The van der Waals surface area contributed by atoms with Crippen molar-refractivity contribution >= 4 is 39.0 Å². The quantitative estimate of drug-likeness (QED) is 0.350. The topological polar surface area (TPSA) is 52.8 Å². The smallest absolute Gasteiger partial charge is 0.271 e. The van der Waals surface area contributed by atoms with E-state index in [0.717, 1.165) is 38.9 Å². The van der Waals surface area contributed by atoms with Crippen LogP contribution in [0, 0.1) is 0 Å². The van der Waals surface area contributed by atoms with Crippen LogP contribution in [-0.4, -0.2) is 18.8 Å². The summed E-state index contributed by atoms with van der Waals surface area (Å²) in [5, 5.41) is 0. The molecule has 0 unspecified atom stereocenters. The number of methoxy groups -OCH3 is 2. The lowest BCUT2D eigenvalue weighted by Crippen LogP contribution is -2.38. The van der Waals surface area contributed by atoms with E-state index in [-0.39, 0.29) is 11.6 Å². The largest absolute Gasteiger partial charge is 0.493 e. The monoisotopic (exact) mass is 558 g/mol. The van der Waals surface area contributed by atoms with Crippen molar-refractivity contribution in [1.82, 2.24) is 4.57 Å². The van der Waals surface area contributed by atoms with Crippen molar-refractivity contribution in [3.63, 3.8) is 0 Å². The first-order chi connectivity index (χ1) is 17.6. The van der Waals surface area contributed by atoms with E-state index in [1.54, 1.807) is 14.2 Å². The molecule has 0 saturated heterocycles. The molecule has 0 N–H and O–H groups in total. The Hall–Kier alpha value is -3.42. The predicted octanol–water partition coefficient (Wildman–Crippen LogP) is 5.10. The molecule has 1 aliphatic heterocycles. The van der Waals surface area contributed by atoms with Gasteiger partial charge in [-0.15, -0.1) is 0 Å². The third-order valence-corrected chi connectivity index (χ3v) is 8.28. The fourth-order valence-electron chi connectivity index (χ4n) is 5.06. The third kappa shape index (κ3) is 3.83. The Morgan fingerprint density at radius 2 is 1.78 bits per heavy atom. The first-order valence-corrected chi connectivity index (χ1v) is 13.3. The highest BCUT2D eigenvalue weighted by Gasteiger charge is 2.32. The summed E-state index contributed by atoms with van der Waals surface area (Å²) < 4.78 is 14.3. The van der Waals surface area contributed by atoms with Gasteiger partial charge in [-0.25, -0.2) is 4.99 Å². The summed E-state index contributed by atoms with van der Waals surface area (Å²) in [6.45, 7) is 0. The molecular weight excluding hydrogens is 536 g/mol. The zero-order valence-electron chi connectivity index (χ0n) is 19.8. The number of nitrogens with zero attached hydrogens (tertiary/aromatic N) is 2. The van der Waals surface area contributed by atoms with Gasteiger partial charge in [-0.2, -0.15) is 0 Å². The molecular formula is C29H23BrN2O3S. The van der Waals surface area contributed by atoms with Gasteiger partial charge in [0.1, 0.15) is 0 Å². The summed E-state index contributed by atoms with van der Waals surface area (Å²) in [6.07, 6.45) is 3.71.